The van der Waals surface area contributed by atoms with Crippen molar-refractivity contribution in [3.8, 4) is 0 Å². The first kappa shape index (κ1) is 13.3. The molecule has 100 valence electrons. The first-order chi connectivity index (χ1) is 9.13. The minimum absolute atomic E-state index is 0.0738. The number of carbonyl (C=O) groups excluding carboxylic acids is 3. The summed E-state index contributed by atoms with van der Waals surface area (Å²) < 4.78 is 4.86. The van der Waals surface area contributed by atoms with E-state index in [0.717, 1.165) is 0 Å². The van der Waals surface area contributed by atoms with Crippen molar-refractivity contribution in [1.82, 2.24) is 0 Å². The average molecular weight is 261 g/mol. The number of rotatable bonds is 3. The minimum Gasteiger partial charge on any atom is -0.465 e. The Hall–Kier alpha value is -2.17. The van der Waals surface area contributed by atoms with Crippen molar-refractivity contribution < 1.29 is 19.1 Å². The maximum atomic E-state index is 12.0. The van der Waals surface area contributed by atoms with Crippen molar-refractivity contribution in [1.29, 1.82) is 0 Å². The highest BCUT2D eigenvalue weighted by molar-refractivity contribution is 6.11. The van der Waals surface area contributed by atoms with Gasteiger partial charge in [-0.1, -0.05) is 12.1 Å². The molecule has 0 aromatic heterocycles. The molecule has 19 heavy (non-hydrogen) atoms. The summed E-state index contributed by atoms with van der Waals surface area (Å²) in [5.41, 5.74) is 0.973. The molecule has 1 heterocycles. The minimum atomic E-state index is -0.472. The zero-order valence-corrected chi connectivity index (χ0v) is 10.7. The number of nitrogens with zero attached hydrogens (tertiary/aromatic N) is 1. The van der Waals surface area contributed by atoms with Gasteiger partial charge in [-0.2, -0.15) is 0 Å². The number of para-hydroxylation sites is 1. The molecule has 2 rings (SSSR count). The van der Waals surface area contributed by atoms with E-state index in [2.05, 4.69) is 0 Å². The summed E-state index contributed by atoms with van der Waals surface area (Å²) in [6.07, 6.45) is 0.294. The molecule has 1 aliphatic rings. The molecule has 0 radical (unpaired) electrons. The van der Waals surface area contributed by atoms with E-state index in [9.17, 15) is 14.4 Å². The van der Waals surface area contributed by atoms with Crippen LogP contribution in [0.2, 0.25) is 0 Å². The first-order valence-corrected chi connectivity index (χ1v) is 6.21. The second-order valence-electron chi connectivity index (χ2n) is 4.23. The van der Waals surface area contributed by atoms with Crippen LogP contribution in [0.15, 0.2) is 24.3 Å². The van der Waals surface area contributed by atoms with E-state index in [1.54, 1.807) is 31.2 Å². The molecule has 0 fully saturated rings. The number of hydrogen-bond acceptors (Lipinski definition) is 4. The van der Waals surface area contributed by atoms with Gasteiger partial charge >= 0.3 is 5.97 Å². The van der Waals surface area contributed by atoms with Crippen LogP contribution in [0.1, 0.15) is 30.1 Å². The lowest BCUT2D eigenvalue weighted by atomic mass is 10.1. The second kappa shape index (κ2) is 5.65. The fraction of sp³-hybridized carbons (Fsp3) is 0.357. The molecule has 0 atom stereocenters. The molecule has 0 saturated heterocycles. The van der Waals surface area contributed by atoms with Gasteiger partial charge in [0.15, 0.2) is 5.78 Å². The summed E-state index contributed by atoms with van der Waals surface area (Å²) >= 11 is 0. The number of hydrogen-bond donors (Lipinski definition) is 0. The lowest BCUT2D eigenvalue weighted by Gasteiger charge is -2.21. The topological polar surface area (TPSA) is 63.7 Å². The maximum Gasteiger partial charge on any atom is 0.326 e. The van der Waals surface area contributed by atoms with Crippen molar-refractivity contribution in [3.05, 3.63) is 29.8 Å². The van der Waals surface area contributed by atoms with E-state index in [0.29, 0.717) is 11.3 Å². The van der Waals surface area contributed by atoms with Gasteiger partial charge in [-0.25, -0.2) is 0 Å². The molecule has 0 unspecified atom stereocenters. The molecule has 1 aromatic rings. The van der Waals surface area contributed by atoms with Gasteiger partial charge in [0, 0.05) is 18.4 Å². The summed E-state index contributed by atoms with van der Waals surface area (Å²) in [5, 5.41) is 0. The number of esters is 1. The summed E-state index contributed by atoms with van der Waals surface area (Å²) in [6, 6.07) is 6.84. The van der Waals surface area contributed by atoms with Crippen LogP contribution in [0.5, 0.6) is 0 Å². The third-order valence-electron chi connectivity index (χ3n) is 2.95. The monoisotopic (exact) mass is 261 g/mol. The Bertz CT molecular complexity index is 524. The SMILES string of the molecule is CCOC(=O)CN1C(=O)CCC(=O)c2ccccc21. The molecule has 1 aliphatic heterocycles. The summed E-state index contributed by atoms with van der Waals surface area (Å²) in [7, 11) is 0. The Morgan fingerprint density at radius 2 is 2.00 bits per heavy atom. The highest BCUT2D eigenvalue weighted by Crippen LogP contribution is 2.26. The standard InChI is InChI=1S/C14H15NO4/c1-2-19-14(18)9-15-11-6-4-3-5-10(11)12(16)7-8-13(15)17/h3-6H,2,7-9H2,1H3. The van der Waals surface area contributed by atoms with Crippen molar-refractivity contribution in [2.75, 3.05) is 18.1 Å². The summed E-state index contributed by atoms with van der Waals surface area (Å²) in [4.78, 5) is 36.8. The number of fused-ring (bicyclic) bond motifs is 1. The highest BCUT2D eigenvalue weighted by atomic mass is 16.5. The highest BCUT2D eigenvalue weighted by Gasteiger charge is 2.27. The van der Waals surface area contributed by atoms with Crippen LogP contribution in [0, 0.1) is 0 Å². The van der Waals surface area contributed by atoms with Crippen LogP contribution < -0.4 is 4.90 Å². The van der Waals surface area contributed by atoms with Gasteiger partial charge in [0.05, 0.1) is 12.3 Å². The number of ketones is 1. The predicted octanol–water partition coefficient (Wildman–Crippen LogP) is 1.56. The Morgan fingerprint density at radius 3 is 2.74 bits per heavy atom. The number of carbonyl (C=O) groups is 3. The number of Topliss-reactive ketones (excluding diaryl/α,β-unsaturated/α-hetero) is 1. The molecule has 0 aliphatic carbocycles. The third kappa shape index (κ3) is 2.81. The summed E-state index contributed by atoms with van der Waals surface area (Å²) in [6.45, 7) is 1.82. The Labute approximate surface area is 111 Å². The predicted molar refractivity (Wildman–Crippen MR) is 69.0 cm³/mol. The van der Waals surface area contributed by atoms with Crippen LogP contribution in [-0.4, -0.2) is 30.8 Å². The Balaban J connectivity index is 2.34. The Kier molecular flexibility index (Phi) is 3.94. The average Bonchev–Trinajstić information content (AvgIpc) is 2.52. The van der Waals surface area contributed by atoms with E-state index >= 15 is 0 Å². The zero-order valence-electron chi connectivity index (χ0n) is 10.7. The quantitative estimate of drug-likeness (QED) is 0.774. The second-order valence-corrected chi connectivity index (χ2v) is 4.23. The molecule has 1 aromatic carbocycles. The normalized spacial score (nSPS) is 14.9. The van der Waals surface area contributed by atoms with Crippen molar-refractivity contribution in [2.24, 2.45) is 0 Å². The smallest absolute Gasteiger partial charge is 0.326 e. The van der Waals surface area contributed by atoms with Crippen LogP contribution in [-0.2, 0) is 14.3 Å². The van der Waals surface area contributed by atoms with E-state index in [1.165, 1.54) is 4.90 Å². The summed E-state index contributed by atoms with van der Waals surface area (Å²) in [5.74, 6) is -0.776. The molecule has 0 bridgehead atoms. The van der Waals surface area contributed by atoms with Crippen LogP contribution in [0.3, 0.4) is 0 Å². The van der Waals surface area contributed by atoms with Crippen LogP contribution in [0.25, 0.3) is 0 Å². The Morgan fingerprint density at radius 1 is 1.26 bits per heavy atom. The van der Waals surface area contributed by atoms with Gasteiger partial charge in [-0.3, -0.25) is 14.4 Å². The van der Waals surface area contributed by atoms with Gasteiger partial charge in [0.25, 0.3) is 0 Å². The van der Waals surface area contributed by atoms with Gasteiger partial charge < -0.3 is 9.64 Å². The first-order valence-electron chi connectivity index (χ1n) is 6.21. The van der Waals surface area contributed by atoms with Gasteiger partial charge in [-0.15, -0.1) is 0 Å². The molecule has 1 amide bonds. The van der Waals surface area contributed by atoms with E-state index < -0.39 is 5.97 Å². The molecule has 5 heteroatoms. The lowest BCUT2D eigenvalue weighted by molar-refractivity contribution is -0.142. The van der Waals surface area contributed by atoms with Crippen LogP contribution in [0.4, 0.5) is 5.69 Å². The third-order valence-corrected chi connectivity index (χ3v) is 2.95. The van der Waals surface area contributed by atoms with E-state index in [4.69, 9.17) is 4.74 Å². The molecule has 0 N–H and O–H groups in total. The van der Waals surface area contributed by atoms with Gasteiger partial charge in [-0.05, 0) is 19.1 Å². The molecule has 0 spiro atoms. The zero-order chi connectivity index (χ0) is 13.8. The lowest BCUT2D eigenvalue weighted by Crippen LogP contribution is -2.36. The number of ether oxygens (including phenoxy) is 1. The number of amides is 1. The maximum absolute atomic E-state index is 12.0. The van der Waals surface area contributed by atoms with Gasteiger partial charge in [0.2, 0.25) is 5.91 Å². The number of benzene rings is 1. The molecule has 5 nitrogen and oxygen atoms in total. The largest absolute Gasteiger partial charge is 0.465 e. The molecular formula is C14H15NO4. The number of anilines is 1. The van der Waals surface area contributed by atoms with E-state index in [-0.39, 0.29) is 37.7 Å². The van der Waals surface area contributed by atoms with Gasteiger partial charge in [0.1, 0.15) is 6.54 Å². The fourth-order valence-electron chi connectivity index (χ4n) is 2.08. The van der Waals surface area contributed by atoms with Crippen molar-refractivity contribution in [3.63, 3.8) is 0 Å². The fourth-order valence-corrected chi connectivity index (χ4v) is 2.08. The molecule has 0 saturated carbocycles. The van der Waals surface area contributed by atoms with E-state index in [1.807, 2.05) is 0 Å². The molecular weight excluding hydrogens is 246 g/mol. The van der Waals surface area contributed by atoms with Crippen molar-refractivity contribution in [2.45, 2.75) is 19.8 Å². The van der Waals surface area contributed by atoms with Crippen LogP contribution >= 0.6 is 0 Å². The van der Waals surface area contributed by atoms with Crippen molar-refractivity contribution >= 4 is 23.3 Å².